The van der Waals surface area contributed by atoms with Gasteiger partial charge in [0.25, 0.3) is 0 Å². The van der Waals surface area contributed by atoms with Gasteiger partial charge in [-0.15, -0.1) is 0 Å². The first-order valence-corrected chi connectivity index (χ1v) is 4.77. The lowest BCUT2D eigenvalue weighted by atomic mass is 10.0. The largest absolute Gasteiger partial charge is 0.0798 e. The van der Waals surface area contributed by atoms with E-state index in [1.807, 2.05) is 0 Å². The van der Waals surface area contributed by atoms with Crippen LogP contribution in [0.25, 0.3) is 11.6 Å². The monoisotopic (exact) mass is 174 g/mol. The summed E-state index contributed by atoms with van der Waals surface area (Å²) in [5.74, 6) is 0. The maximum Gasteiger partial charge on any atom is -0.0171 e. The molecule has 0 aliphatic heterocycles. The lowest BCUT2D eigenvalue weighted by Gasteiger charge is -2.01. The summed E-state index contributed by atoms with van der Waals surface area (Å²) in [5.41, 5.74) is 4.12. The van der Waals surface area contributed by atoms with E-state index in [1.165, 1.54) is 27.1 Å². The third-order valence-corrected chi connectivity index (χ3v) is 2.32. The third-order valence-electron chi connectivity index (χ3n) is 2.32. The Hall–Kier alpha value is -1.04. The summed E-state index contributed by atoms with van der Waals surface area (Å²) in [5, 5.41) is 2.77. The molecule has 1 rings (SSSR count). The van der Waals surface area contributed by atoms with Crippen LogP contribution in [0.2, 0.25) is 0 Å². The second-order valence-electron chi connectivity index (χ2n) is 3.83. The molecule has 1 aromatic carbocycles. The summed E-state index contributed by atoms with van der Waals surface area (Å²) < 4.78 is 0. The van der Waals surface area contributed by atoms with Crippen molar-refractivity contribution in [1.29, 1.82) is 0 Å². The van der Waals surface area contributed by atoms with Crippen LogP contribution in [0, 0.1) is 13.8 Å². The Kier molecular flexibility index (Phi) is 2.92. The summed E-state index contributed by atoms with van der Waals surface area (Å²) in [6.45, 7) is 10.8. The molecular formula is C13H18. The number of rotatable bonds is 0. The molecule has 0 saturated heterocycles. The zero-order valence-electron chi connectivity index (χ0n) is 9.23. The van der Waals surface area contributed by atoms with Crippen LogP contribution in [0.15, 0.2) is 12.1 Å². The van der Waals surface area contributed by atoms with Gasteiger partial charge in [-0.1, -0.05) is 29.3 Å². The van der Waals surface area contributed by atoms with Crippen molar-refractivity contribution in [2.45, 2.75) is 34.6 Å². The molecule has 0 saturated carbocycles. The first kappa shape index (κ1) is 10.0. The third kappa shape index (κ3) is 2.00. The Morgan fingerprint density at radius 2 is 1.77 bits per heavy atom. The highest BCUT2D eigenvalue weighted by Gasteiger charge is 1.94. The Morgan fingerprint density at radius 1 is 1.15 bits per heavy atom. The molecule has 13 heavy (non-hydrogen) atoms. The summed E-state index contributed by atoms with van der Waals surface area (Å²) in [7, 11) is 0. The van der Waals surface area contributed by atoms with Crippen LogP contribution >= 0.6 is 0 Å². The molecule has 0 N–H and O–H groups in total. The predicted octanol–water partition coefficient (Wildman–Crippen LogP) is 2.29. The van der Waals surface area contributed by atoms with Crippen LogP contribution < -0.4 is 10.4 Å². The fraction of sp³-hybridized carbons (Fsp3) is 0.385. The molecular weight excluding hydrogens is 156 g/mol. The van der Waals surface area contributed by atoms with Gasteiger partial charge >= 0.3 is 0 Å². The second-order valence-corrected chi connectivity index (χ2v) is 3.83. The van der Waals surface area contributed by atoms with Crippen LogP contribution in [0.3, 0.4) is 0 Å². The van der Waals surface area contributed by atoms with E-state index < -0.39 is 0 Å². The van der Waals surface area contributed by atoms with E-state index >= 15 is 0 Å². The Bertz CT molecular complexity index is 418. The second kappa shape index (κ2) is 3.78. The average Bonchev–Trinajstić information content (AvgIpc) is 2.01. The van der Waals surface area contributed by atoms with Crippen LogP contribution in [0.4, 0.5) is 0 Å². The maximum absolute atomic E-state index is 2.25. The standard InChI is InChI=1S/C13H18/c1-6-12-8-10(4)7-11(5)13(12)9(2)3/h6-8H,1-5H3/b12-6-. The van der Waals surface area contributed by atoms with E-state index in [0.29, 0.717) is 0 Å². The Balaban J connectivity index is 3.81. The quantitative estimate of drug-likeness (QED) is 0.566. The fourth-order valence-corrected chi connectivity index (χ4v) is 1.91. The molecule has 0 nitrogen and oxygen atoms in total. The molecule has 0 aliphatic carbocycles. The topological polar surface area (TPSA) is 0 Å². The highest BCUT2D eigenvalue weighted by atomic mass is 14.0. The highest BCUT2D eigenvalue weighted by Crippen LogP contribution is 1.95. The summed E-state index contributed by atoms with van der Waals surface area (Å²) in [6, 6.07) is 4.49. The van der Waals surface area contributed by atoms with Gasteiger partial charge in [0.05, 0.1) is 0 Å². The van der Waals surface area contributed by atoms with Gasteiger partial charge < -0.3 is 0 Å². The molecule has 1 aromatic rings. The van der Waals surface area contributed by atoms with Gasteiger partial charge in [-0.25, -0.2) is 0 Å². The van der Waals surface area contributed by atoms with Crippen molar-refractivity contribution >= 4 is 11.6 Å². The molecule has 0 amide bonds. The number of hydrogen-bond acceptors (Lipinski definition) is 0. The minimum absolute atomic E-state index is 1.34. The molecule has 0 fully saturated rings. The van der Waals surface area contributed by atoms with Crippen LogP contribution in [0.5, 0.6) is 0 Å². The van der Waals surface area contributed by atoms with E-state index in [4.69, 9.17) is 0 Å². The van der Waals surface area contributed by atoms with Crippen molar-refractivity contribution in [3.63, 3.8) is 0 Å². The van der Waals surface area contributed by atoms with Crippen molar-refractivity contribution in [3.8, 4) is 0 Å². The number of benzene rings is 1. The summed E-state index contributed by atoms with van der Waals surface area (Å²) in [4.78, 5) is 0. The van der Waals surface area contributed by atoms with E-state index in [1.54, 1.807) is 0 Å². The number of aryl methyl sites for hydroxylation is 2. The molecule has 0 radical (unpaired) electrons. The van der Waals surface area contributed by atoms with E-state index in [2.05, 4.69) is 52.8 Å². The van der Waals surface area contributed by atoms with Gasteiger partial charge in [0.15, 0.2) is 0 Å². The molecule has 0 aliphatic rings. The Morgan fingerprint density at radius 3 is 2.23 bits per heavy atom. The normalized spacial score (nSPS) is 11.9. The molecule has 0 unspecified atom stereocenters. The molecule has 0 bridgehead atoms. The lowest BCUT2D eigenvalue weighted by molar-refractivity contribution is 1.28. The van der Waals surface area contributed by atoms with Gasteiger partial charge in [-0.3, -0.25) is 0 Å². The zero-order valence-corrected chi connectivity index (χ0v) is 9.23. The van der Waals surface area contributed by atoms with Crippen molar-refractivity contribution in [3.05, 3.63) is 33.7 Å². The summed E-state index contributed by atoms with van der Waals surface area (Å²) in [6.07, 6.45) is 2.18. The van der Waals surface area contributed by atoms with Crippen molar-refractivity contribution < 1.29 is 0 Å². The Labute approximate surface area is 80.6 Å². The van der Waals surface area contributed by atoms with Gasteiger partial charge in [0.2, 0.25) is 0 Å². The molecule has 70 valence electrons. The molecule has 0 aromatic heterocycles. The summed E-state index contributed by atoms with van der Waals surface area (Å²) >= 11 is 0. The molecule has 0 spiro atoms. The van der Waals surface area contributed by atoms with Crippen LogP contribution in [-0.4, -0.2) is 0 Å². The van der Waals surface area contributed by atoms with Gasteiger partial charge in [0.1, 0.15) is 0 Å². The van der Waals surface area contributed by atoms with E-state index in [-0.39, 0.29) is 0 Å². The van der Waals surface area contributed by atoms with E-state index in [0.717, 1.165) is 0 Å². The molecule has 0 heteroatoms. The lowest BCUT2D eigenvalue weighted by Crippen LogP contribution is -2.28. The van der Waals surface area contributed by atoms with Gasteiger partial charge in [-0.2, -0.15) is 0 Å². The van der Waals surface area contributed by atoms with E-state index in [9.17, 15) is 0 Å². The van der Waals surface area contributed by atoms with Crippen molar-refractivity contribution in [2.24, 2.45) is 0 Å². The predicted molar refractivity (Wildman–Crippen MR) is 60.1 cm³/mol. The smallest absolute Gasteiger partial charge is 0.0171 e. The minimum Gasteiger partial charge on any atom is -0.0798 e. The highest BCUT2D eigenvalue weighted by molar-refractivity contribution is 5.45. The van der Waals surface area contributed by atoms with Crippen LogP contribution in [-0.2, 0) is 0 Å². The first-order chi connectivity index (χ1) is 6.06. The average molecular weight is 174 g/mol. The molecule has 0 heterocycles. The van der Waals surface area contributed by atoms with Crippen molar-refractivity contribution in [2.75, 3.05) is 0 Å². The van der Waals surface area contributed by atoms with Crippen LogP contribution in [0.1, 0.15) is 31.9 Å². The van der Waals surface area contributed by atoms with Crippen molar-refractivity contribution in [1.82, 2.24) is 0 Å². The first-order valence-electron chi connectivity index (χ1n) is 4.77. The van der Waals surface area contributed by atoms with Gasteiger partial charge in [-0.05, 0) is 50.6 Å². The SMILES string of the molecule is C/C=c1/cc(C)cc(C)c1=C(C)C. The van der Waals surface area contributed by atoms with Gasteiger partial charge in [0, 0.05) is 0 Å². The number of hydrogen-bond donors (Lipinski definition) is 0. The molecule has 0 atom stereocenters. The minimum atomic E-state index is 1.34. The fourth-order valence-electron chi connectivity index (χ4n) is 1.91. The maximum atomic E-state index is 2.25. The zero-order chi connectivity index (χ0) is 10.0.